The van der Waals surface area contributed by atoms with Crippen LogP contribution in [0.4, 0.5) is 0 Å². The molecule has 0 aromatic heterocycles. The van der Waals surface area contributed by atoms with Gasteiger partial charge in [-0.2, -0.15) is 0 Å². The maximum absolute atomic E-state index is 12.7. The van der Waals surface area contributed by atoms with E-state index in [1.165, 1.54) is 16.7 Å². The van der Waals surface area contributed by atoms with Crippen LogP contribution in [0.25, 0.3) is 0 Å². The molecule has 2 aromatic carbocycles. The second-order valence-electron chi connectivity index (χ2n) is 5.85. The average molecular weight is 311 g/mol. The van der Waals surface area contributed by atoms with Gasteiger partial charge in [0.2, 0.25) is 5.91 Å². The van der Waals surface area contributed by atoms with E-state index in [4.69, 9.17) is 0 Å². The first kappa shape index (κ1) is 15.2. The first-order valence-corrected chi connectivity index (χ1v) is 8.60. The fourth-order valence-electron chi connectivity index (χ4n) is 2.81. The van der Waals surface area contributed by atoms with E-state index >= 15 is 0 Å². The zero-order valence-corrected chi connectivity index (χ0v) is 13.9. The van der Waals surface area contributed by atoms with E-state index in [1.807, 2.05) is 11.8 Å². The zero-order chi connectivity index (χ0) is 15.5. The Morgan fingerprint density at radius 2 is 1.77 bits per heavy atom. The summed E-state index contributed by atoms with van der Waals surface area (Å²) in [6, 6.07) is 16.8. The fourth-order valence-corrected chi connectivity index (χ4v) is 3.76. The standard InChI is InChI=1S/C19H21NOS/c1-14-7-9-18(10-8-14)22-15(2)19(21)20-12-11-16-5-3-4-6-17(16)13-20/h3-10,15H,11-13H2,1-2H3. The van der Waals surface area contributed by atoms with Gasteiger partial charge in [-0.15, -0.1) is 11.8 Å². The Balaban J connectivity index is 1.65. The van der Waals surface area contributed by atoms with Crippen LogP contribution in [0.2, 0.25) is 0 Å². The predicted octanol–water partition coefficient (Wildman–Crippen LogP) is 4.06. The molecule has 3 rings (SSSR count). The third-order valence-corrected chi connectivity index (χ3v) is 5.22. The Hall–Kier alpha value is -1.74. The van der Waals surface area contributed by atoms with E-state index in [2.05, 4.69) is 55.5 Å². The summed E-state index contributed by atoms with van der Waals surface area (Å²) in [6.45, 7) is 5.66. The lowest BCUT2D eigenvalue weighted by Gasteiger charge is -2.30. The fraction of sp³-hybridized carbons (Fsp3) is 0.316. The van der Waals surface area contributed by atoms with Crippen molar-refractivity contribution in [1.29, 1.82) is 0 Å². The molecule has 1 heterocycles. The normalized spacial score (nSPS) is 15.3. The second kappa shape index (κ2) is 6.57. The highest BCUT2D eigenvalue weighted by Crippen LogP contribution is 2.27. The molecule has 1 amide bonds. The number of amides is 1. The number of thioether (sulfide) groups is 1. The van der Waals surface area contributed by atoms with Gasteiger partial charge in [0.15, 0.2) is 0 Å². The van der Waals surface area contributed by atoms with E-state index in [-0.39, 0.29) is 11.2 Å². The highest BCUT2D eigenvalue weighted by atomic mass is 32.2. The van der Waals surface area contributed by atoms with Crippen LogP contribution in [-0.4, -0.2) is 22.6 Å². The van der Waals surface area contributed by atoms with Crippen LogP contribution in [0.5, 0.6) is 0 Å². The van der Waals surface area contributed by atoms with Crippen molar-refractivity contribution in [3.63, 3.8) is 0 Å². The molecule has 1 atom stereocenters. The quantitative estimate of drug-likeness (QED) is 0.797. The van der Waals surface area contributed by atoms with Crippen LogP contribution in [0, 0.1) is 6.92 Å². The monoisotopic (exact) mass is 311 g/mol. The summed E-state index contributed by atoms with van der Waals surface area (Å²) in [4.78, 5) is 15.8. The van der Waals surface area contributed by atoms with Crippen molar-refractivity contribution < 1.29 is 4.79 Å². The molecular weight excluding hydrogens is 290 g/mol. The summed E-state index contributed by atoms with van der Waals surface area (Å²) in [5, 5.41) is -0.0482. The van der Waals surface area contributed by atoms with Crippen LogP contribution in [-0.2, 0) is 17.8 Å². The zero-order valence-electron chi connectivity index (χ0n) is 13.1. The minimum Gasteiger partial charge on any atom is -0.337 e. The molecule has 2 nitrogen and oxygen atoms in total. The summed E-state index contributed by atoms with van der Waals surface area (Å²) in [5.74, 6) is 0.236. The van der Waals surface area contributed by atoms with Gasteiger partial charge in [0.25, 0.3) is 0 Å². The van der Waals surface area contributed by atoms with Crippen LogP contribution in [0.1, 0.15) is 23.6 Å². The van der Waals surface area contributed by atoms with Crippen molar-refractivity contribution in [2.45, 2.75) is 37.0 Å². The molecule has 0 bridgehead atoms. The van der Waals surface area contributed by atoms with Gasteiger partial charge >= 0.3 is 0 Å². The second-order valence-corrected chi connectivity index (χ2v) is 7.27. The first-order valence-electron chi connectivity index (χ1n) is 7.72. The van der Waals surface area contributed by atoms with Gasteiger partial charge in [-0.25, -0.2) is 0 Å². The molecule has 3 heteroatoms. The number of rotatable bonds is 3. The van der Waals surface area contributed by atoms with E-state index in [1.54, 1.807) is 11.8 Å². The van der Waals surface area contributed by atoms with Gasteiger partial charge in [0.1, 0.15) is 0 Å². The molecule has 1 aliphatic rings. The molecule has 0 spiro atoms. The third kappa shape index (κ3) is 3.36. The Morgan fingerprint density at radius 3 is 2.50 bits per heavy atom. The van der Waals surface area contributed by atoms with E-state index < -0.39 is 0 Å². The minimum absolute atomic E-state index is 0.0482. The first-order chi connectivity index (χ1) is 10.6. The molecule has 1 unspecified atom stereocenters. The molecule has 114 valence electrons. The number of carbonyl (C=O) groups is 1. The average Bonchev–Trinajstić information content (AvgIpc) is 2.55. The highest BCUT2D eigenvalue weighted by molar-refractivity contribution is 8.00. The predicted molar refractivity (Wildman–Crippen MR) is 92.1 cm³/mol. The number of hydrogen-bond acceptors (Lipinski definition) is 2. The van der Waals surface area contributed by atoms with Crippen molar-refractivity contribution >= 4 is 17.7 Å². The summed E-state index contributed by atoms with van der Waals surface area (Å²) < 4.78 is 0. The molecule has 0 saturated carbocycles. The van der Waals surface area contributed by atoms with Crippen molar-refractivity contribution in [3.8, 4) is 0 Å². The topological polar surface area (TPSA) is 20.3 Å². The lowest BCUT2D eigenvalue weighted by molar-refractivity contribution is -0.131. The summed E-state index contributed by atoms with van der Waals surface area (Å²) in [5.41, 5.74) is 3.91. The van der Waals surface area contributed by atoms with Crippen molar-refractivity contribution in [2.24, 2.45) is 0 Å². The molecule has 2 aromatic rings. The van der Waals surface area contributed by atoms with Crippen LogP contribution in [0.3, 0.4) is 0 Å². The molecule has 22 heavy (non-hydrogen) atoms. The lowest BCUT2D eigenvalue weighted by Crippen LogP contribution is -2.40. The number of carbonyl (C=O) groups excluding carboxylic acids is 1. The van der Waals surface area contributed by atoms with Gasteiger partial charge in [-0.1, -0.05) is 42.0 Å². The van der Waals surface area contributed by atoms with Gasteiger partial charge < -0.3 is 4.90 Å². The van der Waals surface area contributed by atoms with Crippen LogP contribution < -0.4 is 0 Å². The Bertz CT molecular complexity index is 665. The van der Waals surface area contributed by atoms with Crippen molar-refractivity contribution in [2.75, 3.05) is 6.54 Å². The van der Waals surface area contributed by atoms with E-state index in [9.17, 15) is 4.79 Å². The molecule has 0 saturated heterocycles. The number of nitrogens with zero attached hydrogens (tertiary/aromatic N) is 1. The molecule has 0 radical (unpaired) electrons. The summed E-state index contributed by atoms with van der Waals surface area (Å²) in [6.07, 6.45) is 0.962. The SMILES string of the molecule is Cc1ccc(SC(C)C(=O)N2CCc3ccccc3C2)cc1. The van der Waals surface area contributed by atoms with Gasteiger partial charge in [0, 0.05) is 18.0 Å². The van der Waals surface area contributed by atoms with Gasteiger partial charge in [0.05, 0.1) is 5.25 Å². The van der Waals surface area contributed by atoms with E-state index in [0.717, 1.165) is 24.4 Å². The number of aryl methyl sites for hydroxylation is 1. The van der Waals surface area contributed by atoms with Crippen molar-refractivity contribution in [1.82, 2.24) is 4.90 Å². The number of hydrogen-bond donors (Lipinski definition) is 0. The molecule has 0 aliphatic carbocycles. The number of fused-ring (bicyclic) bond motifs is 1. The molecule has 0 N–H and O–H groups in total. The highest BCUT2D eigenvalue weighted by Gasteiger charge is 2.25. The van der Waals surface area contributed by atoms with Crippen LogP contribution >= 0.6 is 11.8 Å². The molecular formula is C19H21NOS. The third-order valence-electron chi connectivity index (χ3n) is 4.12. The van der Waals surface area contributed by atoms with E-state index in [0.29, 0.717) is 0 Å². The summed E-state index contributed by atoms with van der Waals surface area (Å²) >= 11 is 1.64. The lowest BCUT2D eigenvalue weighted by atomic mass is 10.00. The maximum Gasteiger partial charge on any atom is 0.236 e. The Labute approximate surface area is 136 Å². The smallest absolute Gasteiger partial charge is 0.236 e. The van der Waals surface area contributed by atoms with Gasteiger partial charge in [-0.3, -0.25) is 4.79 Å². The van der Waals surface area contributed by atoms with Crippen molar-refractivity contribution in [3.05, 3.63) is 65.2 Å². The Kier molecular flexibility index (Phi) is 4.53. The van der Waals surface area contributed by atoms with Gasteiger partial charge in [-0.05, 0) is 43.5 Å². The maximum atomic E-state index is 12.7. The number of benzene rings is 2. The molecule has 1 aliphatic heterocycles. The Morgan fingerprint density at radius 1 is 1.09 bits per heavy atom. The summed E-state index contributed by atoms with van der Waals surface area (Å²) in [7, 11) is 0. The van der Waals surface area contributed by atoms with Crippen LogP contribution in [0.15, 0.2) is 53.4 Å². The minimum atomic E-state index is -0.0482. The molecule has 0 fully saturated rings. The largest absolute Gasteiger partial charge is 0.337 e.